The van der Waals surface area contributed by atoms with E-state index in [1.807, 2.05) is 0 Å². The predicted octanol–water partition coefficient (Wildman–Crippen LogP) is 3.68. The first kappa shape index (κ1) is 18.1. The van der Waals surface area contributed by atoms with Gasteiger partial charge in [-0.1, -0.05) is 18.2 Å². The van der Waals surface area contributed by atoms with E-state index in [0.29, 0.717) is 26.1 Å². The third kappa shape index (κ3) is 5.69. The second-order valence-electron chi connectivity index (χ2n) is 5.79. The maximum absolute atomic E-state index is 12.8. The van der Waals surface area contributed by atoms with Gasteiger partial charge in [0.2, 0.25) is 0 Å². The van der Waals surface area contributed by atoms with Gasteiger partial charge in [-0.15, -0.1) is 0 Å². The Morgan fingerprint density at radius 3 is 2.43 bits per heavy atom. The molecule has 1 aromatic rings. The molecule has 0 bridgehead atoms. The van der Waals surface area contributed by atoms with Gasteiger partial charge in [0, 0.05) is 13.1 Å². The van der Waals surface area contributed by atoms with Gasteiger partial charge in [-0.3, -0.25) is 4.90 Å². The van der Waals surface area contributed by atoms with E-state index in [-0.39, 0.29) is 18.0 Å². The summed E-state index contributed by atoms with van der Waals surface area (Å²) in [7, 11) is 0. The summed E-state index contributed by atoms with van der Waals surface area (Å²) in [6.45, 7) is 0.199. The lowest BCUT2D eigenvalue weighted by atomic mass is 10.1. The first-order valence-corrected chi connectivity index (χ1v) is 7.30. The Kier molecular flexibility index (Phi) is 5.57. The summed E-state index contributed by atoms with van der Waals surface area (Å²) in [5.74, 6) is 0.0235. The standard InChI is InChI=1S/C15H18F6N2/c16-14(17,18)10-23-6-5-11(9-23)7-22-8-12-3-1-2-4-13(12)15(19,20)21/h1-4,11,22H,5-10H2. The molecule has 23 heavy (non-hydrogen) atoms. The van der Waals surface area contributed by atoms with Gasteiger partial charge in [0.1, 0.15) is 0 Å². The van der Waals surface area contributed by atoms with Crippen LogP contribution in [0.2, 0.25) is 0 Å². The highest BCUT2D eigenvalue weighted by Crippen LogP contribution is 2.31. The zero-order chi connectivity index (χ0) is 17.1. The normalized spacial score (nSPS) is 20.2. The van der Waals surface area contributed by atoms with Crippen molar-refractivity contribution in [1.29, 1.82) is 0 Å². The Labute approximate surface area is 130 Å². The van der Waals surface area contributed by atoms with E-state index < -0.39 is 24.5 Å². The Morgan fingerprint density at radius 2 is 1.78 bits per heavy atom. The number of benzene rings is 1. The van der Waals surface area contributed by atoms with Crippen LogP contribution in [0.5, 0.6) is 0 Å². The molecule has 1 fully saturated rings. The first-order chi connectivity index (χ1) is 10.6. The molecule has 1 unspecified atom stereocenters. The molecule has 1 heterocycles. The zero-order valence-corrected chi connectivity index (χ0v) is 12.3. The second-order valence-corrected chi connectivity index (χ2v) is 5.79. The third-order valence-corrected chi connectivity index (χ3v) is 3.84. The fraction of sp³-hybridized carbons (Fsp3) is 0.600. The number of hydrogen-bond acceptors (Lipinski definition) is 2. The lowest BCUT2D eigenvalue weighted by molar-refractivity contribution is -0.143. The van der Waals surface area contributed by atoms with Crippen molar-refractivity contribution in [3.8, 4) is 0 Å². The maximum atomic E-state index is 12.8. The zero-order valence-electron chi connectivity index (χ0n) is 12.3. The van der Waals surface area contributed by atoms with Crippen molar-refractivity contribution in [2.24, 2.45) is 5.92 Å². The molecule has 0 spiro atoms. The average Bonchev–Trinajstić information content (AvgIpc) is 2.83. The summed E-state index contributed by atoms with van der Waals surface area (Å²) in [6.07, 6.45) is -8.01. The molecule has 130 valence electrons. The van der Waals surface area contributed by atoms with E-state index in [1.165, 1.54) is 23.1 Å². The van der Waals surface area contributed by atoms with E-state index in [9.17, 15) is 26.3 Å². The maximum Gasteiger partial charge on any atom is 0.416 e. The van der Waals surface area contributed by atoms with Crippen LogP contribution in [0.1, 0.15) is 17.5 Å². The quantitative estimate of drug-likeness (QED) is 0.823. The van der Waals surface area contributed by atoms with Crippen molar-refractivity contribution >= 4 is 0 Å². The summed E-state index contributed by atoms with van der Waals surface area (Å²) in [5, 5.41) is 2.93. The smallest absolute Gasteiger partial charge is 0.312 e. The highest BCUT2D eigenvalue weighted by molar-refractivity contribution is 5.29. The fourth-order valence-electron chi connectivity index (χ4n) is 2.84. The van der Waals surface area contributed by atoms with Crippen LogP contribution in [-0.2, 0) is 12.7 Å². The first-order valence-electron chi connectivity index (χ1n) is 7.30. The van der Waals surface area contributed by atoms with Crippen LogP contribution in [0.25, 0.3) is 0 Å². The minimum Gasteiger partial charge on any atom is -0.312 e. The molecule has 0 aromatic heterocycles. The Morgan fingerprint density at radius 1 is 1.09 bits per heavy atom. The van der Waals surface area contributed by atoms with E-state index in [4.69, 9.17) is 0 Å². The van der Waals surface area contributed by atoms with Gasteiger partial charge in [-0.2, -0.15) is 26.3 Å². The lowest BCUT2D eigenvalue weighted by Gasteiger charge is -2.18. The summed E-state index contributed by atoms with van der Waals surface area (Å²) in [4.78, 5) is 1.33. The van der Waals surface area contributed by atoms with Gasteiger partial charge in [-0.05, 0) is 37.1 Å². The minimum absolute atomic E-state index is 0.0235. The van der Waals surface area contributed by atoms with Crippen LogP contribution in [0.4, 0.5) is 26.3 Å². The molecule has 0 amide bonds. The molecule has 1 aliphatic heterocycles. The van der Waals surface area contributed by atoms with E-state index in [2.05, 4.69) is 5.32 Å². The number of nitrogens with zero attached hydrogens (tertiary/aromatic N) is 1. The summed E-state index contributed by atoms with van der Waals surface area (Å²) >= 11 is 0. The molecule has 0 aliphatic carbocycles. The predicted molar refractivity (Wildman–Crippen MR) is 73.8 cm³/mol. The molecule has 0 saturated carbocycles. The van der Waals surface area contributed by atoms with Crippen LogP contribution < -0.4 is 5.32 Å². The van der Waals surface area contributed by atoms with Gasteiger partial charge in [-0.25, -0.2) is 0 Å². The summed E-state index contributed by atoms with van der Waals surface area (Å²) in [5.41, 5.74) is -0.539. The van der Waals surface area contributed by atoms with E-state index in [1.54, 1.807) is 0 Å². The van der Waals surface area contributed by atoms with Crippen molar-refractivity contribution in [1.82, 2.24) is 10.2 Å². The molecule has 1 aromatic carbocycles. The van der Waals surface area contributed by atoms with E-state index in [0.717, 1.165) is 6.07 Å². The average molecular weight is 340 g/mol. The molecular formula is C15H18F6N2. The van der Waals surface area contributed by atoms with Gasteiger partial charge < -0.3 is 5.32 Å². The molecule has 0 radical (unpaired) electrons. The summed E-state index contributed by atoms with van der Waals surface area (Å²) in [6, 6.07) is 5.29. The van der Waals surface area contributed by atoms with Crippen LogP contribution in [-0.4, -0.2) is 37.3 Å². The topological polar surface area (TPSA) is 15.3 Å². The number of rotatable bonds is 5. The van der Waals surface area contributed by atoms with Crippen LogP contribution >= 0.6 is 0 Å². The Balaban J connectivity index is 1.81. The van der Waals surface area contributed by atoms with Crippen LogP contribution in [0.3, 0.4) is 0 Å². The summed E-state index contributed by atoms with van der Waals surface area (Å²) < 4.78 is 75.4. The number of hydrogen-bond donors (Lipinski definition) is 1. The molecule has 2 nitrogen and oxygen atoms in total. The molecule has 1 saturated heterocycles. The lowest BCUT2D eigenvalue weighted by Crippen LogP contribution is -2.33. The van der Waals surface area contributed by atoms with Crippen molar-refractivity contribution in [2.45, 2.75) is 25.3 Å². The fourth-order valence-corrected chi connectivity index (χ4v) is 2.84. The number of alkyl halides is 6. The van der Waals surface area contributed by atoms with Crippen molar-refractivity contribution in [3.63, 3.8) is 0 Å². The second kappa shape index (κ2) is 7.09. The molecule has 1 atom stereocenters. The molecule has 1 aliphatic rings. The van der Waals surface area contributed by atoms with Gasteiger partial charge in [0.05, 0.1) is 12.1 Å². The van der Waals surface area contributed by atoms with E-state index >= 15 is 0 Å². The van der Waals surface area contributed by atoms with Gasteiger partial charge >= 0.3 is 12.4 Å². The van der Waals surface area contributed by atoms with Crippen LogP contribution in [0, 0.1) is 5.92 Å². The third-order valence-electron chi connectivity index (χ3n) is 3.84. The largest absolute Gasteiger partial charge is 0.416 e. The van der Waals surface area contributed by atoms with Crippen molar-refractivity contribution in [2.75, 3.05) is 26.2 Å². The molecule has 1 N–H and O–H groups in total. The minimum atomic E-state index is -4.41. The van der Waals surface area contributed by atoms with Crippen LogP contribution in [0.15, 0.2) is 24.3 Å². The highest BCUT2D eigenvalue weighted by Gasteiger charge is 2.35. The Hall–Kier alpha value is -1.28. The number of likely N-dealkylation sites (tertiary alicyclic amines) is 1. The van der Waals surface area contributed by atoms with Gasteiger partial charge in [0.15, 0.2) is 0 Å². The van der Waals surface area contributed by atoms with Gasteiger partial charge in [0.25, 0.3) is 0 Å². The van der Waals surface area contributed by atoms with Crippen molar-refractivity contribution < 1.29 is 26.3 Å². The molecule has 2 rings (SSSR count). The molecule has 8 heteroatoms. The SMILES string of the molecule is FC(F)(F)CN1CCC(CNCc2ccccc2C(F)(F)F)C1. The van der Waals surface area contributed by atoms with Crippen molar-refractivity contribution in [3.05, 3.63) is 35.4 Å². The molecular weight excluding hydrogens is 322 g/mol. The highest BCUT2D eigenvalue weighted by atomic mass is 19.4. The number of nitrogens with one attached hydrogen (secondary N) is 1. The number of halogens is 6. The monoisotopic (exact) mass is 340 g/mol. The Bertz CT molecular complexity index is 511.